The molecule has 0 N–H and O–H groups in total. The zero-order valence-electron chi connectivity index (χ0n) is 16.5. The van der Waals surface area contributed by atoms with Crippen LogP contribution in [0.2, 0.25) is 0 Å². The molecular weight excluding hydrogens is 368 g/mol. The van der Waals surface area contributed by atoms with E-state index in [0.29, 0.717) is 24.0 Å². The lowest BCUT2D eigenvalue weighted by Gasteiger charge is -2.35. The molecule has 1 aliphatic heterocycles. The minimum Gasteiger partial charge on any atom is -0.354 e. The summed E-state index contributed by atoms with van der Waals surface area (Å²) >= 11 is 0. The summed E-state index contributed by atoms with van der Waals surface area (Å²) in [5.41, 5.74) is 3.10. The van der Waals surface area contributed by atoms with E-state index in [0.717, 1.165) is 43.3 Å². The van der Waals surface area contributed by atoms with Crippen LogP contribution in [0, 0.1) is 13.8 Å². The molecule has 1 aliphatic rings. The van der Waals surface area contributed by atoms with Crippen LogP contribution in [0.5, 0.6) is 0 Å². The maximum absolute atomic E-state index is 5.49. The Kier molecular flexibility index (Phi) is 4.44. The number of hydrogen-bond donors (Lipinski definition) is 0. The van der Waals surface area contributed by atoms with Gasteiger partial charge in [0.05, 0.1) is 6.54 Å². The van der Waals surface area contributed by atoms with Crippen LogP contribution in [0.25, 0.3) is 17.2 Å². The second-order valence-corrected chi connectivity index (χ2v) is 7.37. The molecule has 1 aromatic carbocycles. The molecule has 0 spiro atoms. The highest BCUT2D eigenvalue weighted by atomic mass is 16.5. The Hall–Kier alpha value is -3.33. The summed E-state index contributed by atoms with van der Waals surface area (Å²) in [5.74, 6) is 2.96. The lowest BCUT2D eigenvalue weighted by Crippen LogP contribution is -2.46. The van der Waals surface area contributed by atoms with E-state index in [1.807, 2.05) is 19.1 Å². The monoisotopic (exact) mass is 390 g/mol. The predicted molar refractivity (Wildman–Crippen MR) is 107 cm³/mol. The van der Waals surface area contributed by atoms with Gasteiger partial charge in [-0.15, -0.1) is 0 Å². The van der Waals surface area contributed by atoms with Crippen LogP contribution in [0.1, 0.15) is 17.1 Å². The van der Waals surface area contributed by atoms with E-state index in [9.17, 15) is 0 Å². The number of rotatable bonds is 4. The van der Waals surface area contributed by atoms with Gasteiger partial charge in [-0.2, -0.15) is 19.6 Å². The highest BCUT2D eigenvalue weighted by molar-refractivity contribution is 5.55. The maximum atomic E-state index is 5.49. The topological polar surface area (TPSA) is 88.5 Å². The van der Waals surface area contributed by atoms with Gasteiger partial charge in [0.15, 0.2) is 0 Å². The zero-order chi connectivity index (χ0) is 19.8. The van der Waals surface area contributed by atoms with E-state index in [1.165, 1.54) is 5.56 Å². The van der Waals surface area contributed by atoms with E-state index in [-0.39, 0.29) is 0 Å². The second kappa shape index (κ2) is 7.25. The van der Waals surface area contributed by atoms with Gasteiger partial charge >= 0.3 is 0 Å². The quantitative estimate of drug-likeness (QED) is 0.524. The Morgan fingerprint density at radius 2 is 1.90 bits per heavy atom. The lowest BCUT2D eigenvalue weighted by molar-refractivity contribution is 0.215. The molecule has 29 heavy (non-hydrogen) atoms. The number of anilines is 1. The van der Waals surface area contributed by atoms with Gasteiger partial charge < -0.3 is 9.42 Å². The second-order valence-electron chi connectivity index (χ2n) is 7.37. The van der Waals surface area contributed by atoms with E-state index in [1.54, 1.807) is 10.8 Å². The predicted octanol–water partition coefficient (Wildman–Crippen LogP) is 2.11. The van der Waals surface area contributed by atoms with E-state index >= 15 is 0 Å². The fourth-order valence-corrected chi connectivity index (χ4v) is 3.68. The standard InChI is InChI=1S/C20H22N8O/c1-14-4-3-5-16(10-14)19-24-17(29-25-19)12-26-6-8-27(9-7-26)18-11-15(2)23-20-21-13-22-28(18)20/h3-5,10-11,13H,6-9,12H2,1-2H3. The van der Waals surface area contributed by atoms with Crippen molar-refractivity contribution >= 4 is 11.6 Å². The fourth-order valence-electron chi connectivity index (χ4n) is 3.68. The molecule has 0 saturated carbocycles. The third-order valence-corrected chi connectivity index (χ3v) is 5.16. The van der Waals surface area contributed by atoms with Crippen molar-refractivity contribution in [2.45, 2.75) is 20.4 Å². The number of benzene rings is 1. The maximum Gasteiger partial charge on any atom is 0.254 e. The Morgan fingerprint density at radius 1 is 1.03 bits per heavy atom. The zero-order valence-corrected chi connectivity index (χ0v) is 16.5. The molecule has 1 saturated heterocycles. The van der Waals surface area contributed by atoms with Crippen LogP contribution in [0.3, 0.4) is 0 Å². The number of hydrogen-bond acceptors (Lipinski definition) is 8. The summed E-state index contributed by atoms with van der Waals surface area (Å²) in [6.07, 6.45) is 1.54. The van der Waals surface area contributed by atoms with Crippen molar-refractivity contribution in [2.24, 2.45) is 0 Å². The largest absolute Gasteiger partial charge is 0.354 e. The van der Waals surface area contributed by atoms with Crippen molar-refractivity contribution in [3.63, 3.8) is 0 Å². The summed E-state index contributed by atoms with van der Waals surface area (Å²) in [6, 6.07) is 10.2. The number of fused-ring (bicyclic) bond motifs is 1. The van der Waals surface area contributed by atoms with Crippen molar-refractivity contribution < 1.29 is 4.52 Å². The number of aromatic nitrogens is 6. The lowest BCUT2D eigenvalue weighted by atomic mass is 10.1. The summed E-state index contributed by atoms with van der Waals surface area (Å²) in [7, 11) is 0. The minimum absolute atomic E-state index is 0.636. The highest BCUT2D eigenvalue weighted by Gasteiger charge is 2.22. The molecule has 9 heteroatoms. The Bertz CT molecular complexity index is 1140. The SMILES string of the molecule is Cc1cccc(-c2noc(CN3CCN(c4cc(C)nc5ncnn45)CC3)n2)c1. The number of nitrogens with zero attached hydrogens (tertiary/aromatic N) is 8. The van der Waals surface area contributed by atoms with Gasteiger partial charge in [0.2, 0.25) is 11.7 Å². The Balaban J connectivity index is 1.25. The molecule has 9 nitrogen and oxygen atoms in total. The average molecular weight is 390 g/mol. The van der Waals surface area contributed by atoms with Crippen LogP contribution in [-0.2, 0) is 6.54 Å². The van der Waals surface area contributed by atoms with Gasteiger partial charge in [0.1, 0.15) is 12.1 Å². The van der Waals surface area contributed by atoms with E-state index in [2.05, 4.69) is 60.1 Å². The van der Waals surface area contributed by atoms with Gasteiger partial charge in [-0.3, -0.25) is 4.90 Å². The van der Waals surface area contributed by atoms with Crippen LogP contribution >= 0.6 is 0 Å². The molecule has 0 radical (unpaired) electrons. The van der Waals surface area contributed by atoms with Gasteiger partial charge in [-0.1, -0.05) is 28.9 Å². The normalized spacial score (nSPS) is 15.3. The molecule has 0 atom stereocenters. The number of piperazine rings is 1. The van der Waals surface area contributed by atoms with Crippen molar-refractivity contribution in [1.82, 2.24) is 34.6 Å². The summed E-state index contributed by atoms with van der Waals surface area (Å²) < 4.78 is 7.29. The third kappa shape index (κ3) is 3.56. The fraction of sp³-hybridized carbons (Fsp3) is 0.350. The first-order valence-electron chi connectivity index (χ1n) is 9.70. The Morgan fingerprint density at radius 3 is 2.72 bits per heavy atom. The van der Waals surface area contributed by atoms with Crippen molar-refractivity contribution in [3.8, 4) is 11.4 Å². The van der Waals surface area contributed by atoms with Gasteiger partial charge in [-0.05, 0) is 19.9 Å². The first kappa shape index (κ1) is 17.7. The van der Waals surface area contributed by atoms with Crippen molar-refractivity contribution in [2.75, 3.05) is 31.1 Å². The smallest absolute Gasteiger partial charge is 0.254 e. The van der Waals surface area contributed by atoms with Crippen molar-refractivity contribution in [3.05, 3.63) is 53.8 Å². The first-order chi connectivity index (χ1) is 14.2. The van der Waals surface area contributed by atoms with Crippen LogP contribution < -0.4 is 4.90 Å². The summed E-state index contributed by atoms with van der Waals surface area (Å²) in [5, 5.41) is 8.46. The molecular formula is C20H22N8O. The summed E-state index contributed by atoms with van der Waals surface area (Å²) in [6.45, 7) is 8.27. The first-order valence-corrected chi connectivity index (χ1v) is 9.70. The van der Waals surface area contributed by atoms with Gasteiger partial charge in [-0.25, -0.2) is 4.98 Å². The van der Waals surface area contributed by atoms with Gasteiger partial charge in [0, 0.05) is 43.5 Å². The van der Waals surface area contributed by atoms with Crippen LogP contribution in [0.4, 0.5) is 5.82 Å². The van der Waals surface area contributed by atoms with Crippen molar-refractivity contribution in [1.29, 1.82) is 0 Å². The summed E-state index contributed by atoms with van der Waals surface area (Å²) in [4.78, 5) is 17.9. The number of aryl methyl sites for hydroxylation is 2. The molecule has 0 unspecified atom stereocenters. The highest BCUT2D eigenvalue weighted by Crippen LogP contribution is 2.20. The Labute approximate surface area is 168 Å². The molecule has 0 aliphatic carbocycles. The van der Waals surface area contributed by atoms with E-state index in [4.69, 9.17) is 4.52 Å². The molecule has 5 rings (SSSR count). The third-order valence-electron chi connectivity index (χ3n) is 5.16. The van der Waals surface area contributed by atoms with Gasteiger partial charge in [0.25, 0.3) is 5.78 Å². The van der Waals surface area contributed by atoms with Crippen LogP contribution in [0.15, 0.2) is 41.2 Å². The molecule has 0 bridgehead atoms. The molecule has 4 heterocycles. The van der Waals surface area contributed by atoms with E-state index < -0.39 is 0 Å². The molecule has 148 valence electrons. The molecule has 1 fully saturated rings. The molecule has 3 aromatic heterocycles. The van der Waals surface area contributed by atoms with Crippen LogP contribution in [-0.4, -0.2) is 60.8 Å². The molecule has 4 aromatic rings. The average Bonchev–Trinajstić information content (AvgIpc) is 3.37. The minimum atomic E-state index is 0.636. The molecule has 0 amide bonds.